The lowest BCUT2D eigenvalue weighted by Gasteiger charge is -2.19. The van der Waals surface area contributed by atoms with E-state index in [-0.39, 0.29) is 23.0 Å². The Labute approximate surface area is 194 Å². The highest BCUT2D eigenvalue weighted by molar-refractivity contribution is 5.92. The van der Waals surface area contributed by atoms with Gasteiger partial charge in [-0.05, 0) is 37.5 Å². The number of nitro benzene ring substituents is 1. The summed E-state index contributed by atoms with van der Waals surface area (Å²) in [6.07, 6.45) is 0.579. The van der Waals surface area contributed by atoms with Crippen molar-refractivity contribution < 1.29 is 9.72 Å². The number of rotatable bonds is 7. The Bertz CT molecular complexity index is 1410. The van der Waals surface area contributed by atoms with Crippen LogP contribution < -0.4 is 10.7 Å². The Morgan fingerprint density at radius 3 is 2.59 bits per heavy atom. The molecule has 0 bridgehead atoms. The van der Waals surface area contributed by atoms with E-state index < -0.39 is 22.3 Å². The Hall–Kier alpha value is -4.34. The van der Waals surface area contributed by atoms with Gasteiger partial charge in [0.1, 0.15) is 11.5 Å². The van der Waals surface area contributed by atoms with E-state index in [0.29, 0.717) is 17.9 Å². The minimum Gasteiger partial charge on any atom is -0.341 e. The maximum atomic E-state index is 13.2. The number of imidazole rings is 1. The molecule has 0 saturated heterocycles. The fourth-order valence-electron chi connectivity index (χ4n) is 3.82. The first-order valence-electron chi connectivity index (χ1n) is 10.8. The number of hydrogen-bond acceptors (Lipinski definition) is 6. The molecule has 4 rings (SSSR count). The number of benzene rings is 2. The molecule has 2 aromatic carbocycles. The molecule has 0 saturated carbocycles. The van der Waals surface area contributed by atoms with Crippen molar-refractivity contribution in [1.82, 2.24) is 25.1 Å². The number of carbonyl (C=O) groups excluding carboxylic acids is 1. The first kappa shape index (κ1) is 22.8. The highest BCUT2D eigenvalue weighted by Gasteiger charge is 2.24. The molecule has 0 aliphatic heterocycles. The molecule has 4 aromatic rings. The zero-order chi connectivity index (χ0) is 24.4. The van der Waals surface area contributed by atoms with Gasteiger partial charge >= 0.3 is 0 Å². The van der Waals surface area contributed by atoms with Crippen LogP contribution in [0.15, 0.2) is 59.4 Å². The third kappa shape index (κ3) is 4.56. The zero-order valence-corrected chi connectivity index (χ0v) is 19.0. The molecule has 2 heterocycles. The summed E-state index contributed by atoms with van der Waals surface area (Å²) in [6.45, 7) is 5.64. The van der Waals surface area contributed by atoms with Crippen LogP contribution in [0.1, 0.15) is 48.3 Å². The molecule has 1 unspecified atom stereocenters. The Morgan fingerprint density at radius 1 is 1.18 bits per heavy atom. The lowest BCUT2D eigenvalue weighted by atomic mass is 10.0. The Morgan fingerprint density at radius 2 is 1.88 bits per heavy atom. The van der Waals surface area contributed by atoms with Crippen LogP contribution in [0, 0.1) is 23.0 Å². The average Bonchev–Trinajstić information content (AvgIpc) is 3.22. The summed E-state index contributed by atoms with van der Waals surface area (Å²) in [7, 11) is 0. The maximum absolute atomic E-state index is 13.2. The minimum absolute atomic E-state index is 0.162. The monoisotopic (exact) mass is 460 g/mol. The van der Waals surface area contributed by atoms with Gasteiger partial charge in [-0.2, -0.15) is 5.10 Å². The van der Waals surface area contributed by atoms with Crippen LogP contribution in [0.2, 0.25) is 0 Å². The second kappa shape index (κ2) is 9.26. The van der Waals surface area contributed by atoms with Gasteiger partial charge in [0.05, 0.1) is 22.0 Å². The van der Waals surface area contributed by atoms with Gasteiger partial charge in [-0.25, -0.2) is 9.67 Å². The number of nitrogens with zero attached hydrogens (tertiary/aromatic N) is 4. The van der Waals surface area contributed by atoms with Crippen LogP contribution in [0.4, 0.5) is 5.69 Å². The molecule has 0 aliphatic carbocycles. The van der Waals surface area contributed by atoms with Crippen LogP contribution in [-0.2, 0) is 0 Å². The largest absolute Gasteiger partial charge is 0.341 e. The summed E-state index contributed by atoms with van der Waals surface area (Å²) in [4.78, 5) is 44.6. The summed E-state index contributed by atoms with van der Waals surface area (Å²) in [6, 6.07) is 14.3. The SMILES string of the molecule is Cc1cc(=O)c(C(=O)NC(CC(C)C)c2nc3ccccc3[nH]2)nn1-c1ccccc1[N+](=O)[O-]. The number of H-pyrrole nitrogens is 1. The summed E-state index contributed by atoms with van der Waals surface area (Å²) in [5.74, 6) is 0.131. The molecular weight excluding hydrogens is 436 g/mol. The molecule has 0 spiro atoms. The van der Waals surface area contributed by atoms with Crippen molar-refractivity contribution in [2.24, 2.45) is 5.92 Å². The van der Waals surface area contributed by atoms with Crippen molar-refractivity contribution in [2.75, 3.05) is 0 Å². The second-order valence-electron chi connectivity index (χ2n) is 8.45. The van der Waals surface area contributed by atoms with E-state index in [1.807, 2.05) is 38.1 Å². The van der Waals surface area contributed by atoms with Crippen molar-refractivity contribution in [3.63, 3.8) is 0 Å². The number of nitro groups is 1. The lowest BCUT2D eigenvalue weighted by Crippen LogP contribution is -2.35. The average molecular weight is 460 g/mol. The number of para-hydroxylation sites is 4. The zero-order valence-electron chi connectivity index (χ0n) is 19.0. The van der Waals surface area contributed by atoms with Gasteiger partial charge in [0.2, 0.25) is 5.43 Å². The molecule has 0 radical (unpaired) electrons. The first-order valence-corrected chi connectivity index (χ1v) is 10.8. The normalized spacial score (nSPS) is 12.1. The van der Waals surface area contributed by atoms with Crippen molar-refractivity contribution in [3.8, 4) is 5.69 Å². The van der Waals surface area contributed by atoms with E-state index >= 15 is 0 Å². The number of aryl methyl sites for hydroxylation is 1. The molecule has 174 valence electrons. The van der Waals surface area contributed by atoms with Gasteiger partial charge in [0, 0.05) is 17.8 Å². The number of aromatic amines is 1. The fourth-order valence-corrected chi connectivity index (χ4v) is 3.82. The van der Waals surface area contributed by atoms with E-state index in [0.717, 1.165) is 11.0 Å². The van der Waals surface area contributed by atoms with Crippen LogP contribution in [0.5, 0.6) is 0 Å². The quantitative estimate of drug-likeness (QED) is 0.318. The number of carbonyl (C=O) groups is 1. The fraction of sp³-hybridized carbons (Fsp3) is 0.250. The predicted molar refractivity (Wildman–Crippen MR) is 127 cm³/mol. The number of amides is 1. The summed E-state index contributed by atoms with van der Waals surface area (Å²) in [5.41, 5.74) is 1.03. The highest BCUT2D eigenvalue weighted by Crippen LogP contribution is 2.24. The second-order valence-corrected chi connectivity index (χ2v) is 8.45. The molecule has 1 amide bonds. The maximum Gasteiger partial charge on any atom is 0.294 e. The molecule has 0 aliphatic rings. The van der Waals surface area contributed by atoms with E-state index in [1.54, 1.807) is 13.0 Å². The van der Waals surface area contributed by atoms with Crippen LogP contribution in [0.3, 0.4) is 0 Å². The molecule has 2 aromatic heterocycles. The van der Waals surface area contributed by atoms with Crippen molar-refractivity contribution in [3.05, 3.63) is 92.1 Å². The van der Waals surface area contributed by atoms with Gasteiger partial charge in [0.15, 0.2) is 5.69 Å². The number of aromatic nitrogens is 4. The molecular formula is C24H24N6O4. The molecule has 10 heteroatoms. The Kier molecular flexibility index (Phi) is 6.22. The molecule has 34 heavy (non-hydrogen) atoms. The summed E-state index contributed by atoms with van der Waals surface area (Å²) in [5, 5.41) is 18.6. The molecule has 10 nitrogen and oxygen atoms in total. The van der Waals surface area contributed by atoms with Gasteiger partial charge < -0.3 is 10.3 Å². The molecule has 1 atom stereocenters. The van der Waals surface area contributed by atoms with E-state index in [9.17, 15) is 19.7 Å². The number of hydrogen-bond donors (Lipinski definition) is 2. The molecule has 0 fully saturated rings. The topological polar surface area (TPSA) is 136 Å². The van der Waals surface area contributed by atoms with Gasteiger partial charge in [-0.3, -0.25) is 19.7 Å². The van der Waals surface area contributed by atoms with E-state index in [4.69, 9.17) is 0 Å². The van der Waals surface area contributed by atoms with Crippen LogP contribution in [-0.4, -0.2) is 30.6 Å². The number of nitrogens with one attached hydrogen (secondary N) is 2. The van der Waals surface area contributed by atoms with Crippen molar-refractivity contribution in [1.29, 1.82) is 0 Å². The van der Waals surface area contributed by atoms with Crippen LogP contribution in [0.25, 0.3) is 16.7 Å². The van der Waals surface area contributed by atoms with Crippen LogP contribution >= 0.6 is 0 Å². The number of fused-ring (bicyclic) bond motifs is 1. The third-order valence-corrected chi connectivity index (χ3v) is 5.38. The summed E-state index contributed by atoms with van der Waals surface area (Å²) >= 11 is 0. The van der Waals surface area contributed by atoms with Crippen molar-refractivity contribution >= 4 is 22.6 Å². The lowest BCUT2D eigenvalue weighted by molar-refractivity contribution is -0.384. The molecule has 2 N–H and O–H groups in total. The minimum atomic E-state index is -0.677. The van der Waals surface area contributed by atoms with Gasteiger partial charge in [-0.15, -0.1) is 0 Å². The predicted octanol–water partition coefficient (Wildman–Crippen LogP) is 3.84. The first-order chi connectivity index (χ1) is 16.2. The summed E-state index contributed by atoms with van der Waals surface area (Å²) < 4.78 is 1.24. The van der Waals surface area contributed by atoms with Gasteiger partial charge in [-0.1, -0.05) is 38.1 Å². The standard InChI is InChI=1S/C24H24N6O4/c1-14(2)12-18(23-25-16-8-4-5-9-17(16)26-23)27-24(32)22-21(31)13-15(3)29(28-22)19-10-6-7-11-20(19)30(33)34/h4-11,13-14,18H,12H2,1-3H3,(H,25,26)(H,27,32). The highest BCUT2D eigenvalue weighted by atomic mass is 16.6. The smallest absolute Gasteiger partial charge is 0.294 e. The van der Waals surface area contributed by atoms with Gasteiger partial charge in [0.25, 0.3) is 11.6 Å². The Balaban J connectivity index is 1.72. The third-order valence-electron chi connectivity index (χ3n) is 5.38. The van der Waals surface area contributed by atoms with E-state index in [2.05, 4.69) is 20.4 Å². The van der Waals surface area contributed by atoms with Crippen molar-refractivity contribution in [2.45, 2.75) is 33.2 Å². The van der Waals surface area contributed by atoms with E-state index in [1.165, 1.54) is 28.9 Å².